The number of amides is 2. The summed E-state index contributed by atoms with van der Waals surface area (Å²) in [5.41, 5.74) is 6.73. The van der Waals surface area contributed by atoms with E-state index in [1.165, 1.54) is 0 Å². The Hall–Kier alpha value is -2.08. The Balaban J connectivity index is 2.44. The molecule has 6 nitrogen and oxygen atoms in total. The number of carbonyl (C=O) groups excluding carboxylic acids is 2. The number of hydrogen-bond acceptors (Lipinski definition) is 4. The summed E-state index contributed by atoms with van der Waals surface area (Å²) in [7, 11) is 0. The zero-order valence-corrected chi connectivity index (χ0v) is 11.0. The molecule has 19 heavy (non-hydrogen) atoms. The quantitative estimate of drug-likeness (QED) is 0.654. The molecule has 6 heteroatoms. The Bertz CT molecular complexity index is 453. The molecule has 0 bridgehead atoms. The van der Waals surface area contributed by atoms with Gasteiger partial charge in [-0.05, 0) is 25.0 Å². The van der Waals surface area contributed by atoms with E-state index in [1.807, 2.05) is 32.0 Å². The molecule has 2 amide bonds. The Morgan fingerprint density at radius 1 is 1.37 bits per heavy atom. The number of primary amides is 1. The number of hydrogen-bond donors (Lipinski definition) is 3. The average Bonchev–Trinajstić information content (AvgIpc) is 2.35. The van der Waals surface area contributed by atoms with Gasteiger partial charge >= 0.3 is 0 Å². The van der Waals surface area contributed by atoms with E-state index in [9.17, 15) is 9.59 Å². The van der Waals surface area contributed by atoms with E-state index in [-0.39, 0.29) is 13.2 Å². The molecule has 4 N–H and O–H groups in total. The van der Waals surface area contributed by atoms with Crippen molar-refractivity contribution >= 4 is 11.8 Å². The summed E-state index contributed by atoms with van der Waals surface area (Å²) in [6, 6.07) is 5.68. The van der Waals surface area contributed by atoms with E-state index in [2.05, 4.69) is 5.32 Å². The maximum atomic E-state index is 11.5. The first-order valence-corrected chi connectivity index (χ1v) is 5.85. The molecular formula is C13H18N2O4. The normalized spacial score (nSPS) is 11.7. The van der Waals surface area contributed by atoms with E-state index in [0.717, 1.165) is 11.1 Å². The van der Waals surface area contributed by atoms with Crippen LogP contribution in [0.2, 0.25) is 0 Å². The smallest absolute Gasteiger partial charge is 0.258 e. The summed E-state index contributed by atoms with van der Waals surface area (Å²) in [4.78, 5) is 22.0. The fraction of sp³-hybridized carbons (Fsp3) is 0.385. The molecule has 0 spiro atoms. The molecule has 1 atom stereocenters. The van der Waals surface area contributed by atoms with Gasteiger partial charge < -0.3 is 20.9 Å². The van der Waals surface area contributed by atoms with Crippen molar-refractivity contribution in [2.24, 2.45) is 5.73 Å². The van der Waals surface area contributed by atoms with Gasteiger partial charge in [-0.3, -0.25) is 9.59 Å². The number of benzene rings is 1. The van der Waals surface area contributed by atoms with Crippen molar-refractivity contribution < 1.29 is 19.4 Å². The molecule has 0 saturated heterocycles. The van der Waals surface area contributed by atoms with E-state index in [0.29, 0.717) is 5.75 Å². The van der Waals surface area contributed by atoms with Gasteiger partial charge in [0.2, 0.25) is 5.91 Å². The lowest BCUT2D eigenvalue weighted by Crippen LogP contribution is -2.41. The molecule has 1 unspecified atom stereocenters. The van der Waals surface area contributed by atoms with Crippen molar-refractivity contribution in [2.75, 3.05) is 13.2 Å². The number of nitrogens with one attached hydrogen (secondary N) is 1. The van der Waals surface area contributed by atoms with Crippen molar-refractivity contribution in [3.05, 3.63) is 29.3 Å². The summed E-state index contributed by atoms with van der Waals surface area (Å²) in [6.07, 6.45) is -1.39. The van der Waals surface area contributed by atoms with Crippen LogP contribution < -0.4 is 15.8 Å². The number of aryl methyl sites for hydroxylation is 2. The number of aliphatic hydroxyl groups is 1. The predicted molar refractivity (Wildman–Crippen MR) is 69.6 cm³/mol. The van der Waals surface area contributed by atoms with Crippen molar-refractivity contribution in [3.63, 3.8) is 0 Å². The van der Waals surface area contributed by atoms with Gasteiger partial charge in [0.25, 0.3) is 5.91 Å². The summed E-state index contributed by atoms with van der Waals surface area (Å²) in [5, 5.41) is 11.5. The molecule has 104 valence electrons. The second-order valence-electron chi connectivity index (χ2n) is 4.23. The summed E-state index contributed by atoms with van der Waals surface area (Å²) in [5.74, 6) is -0.646. The highest BCUT2D eigenvalue weighted by molar-refractivity contribution is 5.81. The Morgan fingerprint density at radius 2 is 1.95 bits per heavy atom. The lowest BCUT2D eigenvalue weighted by molar-refractivity contribution is -0.127. The summed E-state index contributed by atoms with van der Waals surface area (Å²) < 4.78 is 5.41. The van der Waals surface area contributed by atoms with Gasteiger partial charge in [0.05, 0.1) is 6.54 Å². The third kappa shape index (κ3) is 4.59. The van der Waals surface area contributed by atoms with E-state index >= 15 is 0 Å². The lowest BCUT2D eigenvalue weighted by Gasteiger charge is -2.12. The fourth-order valence-electron chi connectivity index (χ4n) is 1.53. The minimum absolute atomic E-state index is 0.183. The fourth-order valence-corrected chi connectivity index (χ4v) is 1.53. The van der Waals surface area contributed by atoms with Crippen LogP contribution in [0.1, 0.15) is 11.1 Å². The molecule has 0 aromatic heterocycles. The van der Waals surface area contributed by atoms with Gasteiger partial charge in [0.1, 0.15) is 11.9 Å². The van der Waals surface area contributed by atoms with Crippen LogP contribution in [0.25, 0.3) is 0 Å². The zero-order valence-electron chi connectivity index (χ0n) is 11.0. The van der Waals surface area contributed by atoms with Crippen LogP contribution in [0, 0.1) is 13.8 Å². The maximum Gasteiger partial charge on any atom is 0.258 e. The lowest BCUT2D eigenvalue weighted by atomic mass is 10.1. The van der Waals surface area contributed by atoms with Gasteiger partial charge in [-0.25, -0.2) is 0 Å². The monoisotopic (exact) mass is 266 g/mol. The third-order valence-corrected chi connectivity index (χ3v) is 2.58. The minimum atomic E-state index is -1.39. The largest absolute Gasteiger partial charge is 0.483 e. The number of para-hydroxylation sites is 1. The third-order valence-electron chi connectivity index (χ3n) is 2.58. The molecule has 0 saturated carbocycles. The summed E-state index contributed by atoms with van der Waals surface area (Å²) >= 11 is 0. The molecule has 0 aliphatic heterocycles. The topological polar surface area (TPSA) is 102 Å². The van der Waals surface area contributed by atoms with Gasteiger partial charge in [-0.15, -0.1) is 0 Å². The van der Waals surface area contributed by atoms with Crippen LogP contribution in [-0.2, 0) is 9.59 Å². The molecule has 0 aliphatic rings. The van der Waals surface area contributed by atoms with Crippen LogP contribution in [0.5, 0.6) is 5.75 Å². The Morgan fingerprint density at radius 3 is 2.47 bits per heavy atom. The Kier molecular flexibility index (Phi) is 5.32. The highest BCUT2D eigenvalue weighted by Gasteiger charge is 2.13. The summed E-state index contributed by atoms with van der Waals surface area (Å²) in [6.45, 7) is 3.37. The highest BCUT2D eigenvalue weighted by atomic mass is 16.5. The van der Waals surface area contributed by atoms with Crippen molar-refractivity contribution in [1.29, 1.82) is 0 Å². The van der Waals surface area contributed by atoms with Gasteiger partial charge in [-0.1, -0.05) is 18.2 Å². The number of nitrogens with two attached hydrogens (primary N) is 1. The standard InChI is InChI=1S/C13H18N2O4/c1-8-4-3-5-9(2)12(8)19-7-11(17)15-6-10(16)13(14)18/h3-5,10,16H,6-7H2,1-2H3,(H2,14,18)(H,15,17). The molecule has 1 rings (SSSR count). The number of rotatable bonds is 6. The molecule has 0 radical (unpaired) electrons. The first kappa shape index (κ1) is 15.0. The van der Waals surface area contributed by atoms with Crippen LogP contribution in [0.3, 0.4) is 0 Å². The molecule has 0 heterocycles. The molecular weight excluding hydrogens is 248 g/mol. The number of aliphatic hydroxyl groups excluding tert-OH is 1. The van der Waals surface area contributed by atoms with Crippen LogP contribution in [0.15, 0.2) is 18.2 Å². The van der Waals surface area contributed by atoms with Gasteiger partial charge in [0.15, 0.2) is 6.61 Å². The second kappa shape index (κ2) is 6.75. The highest BCUT2D eigenvalue weighted by Crippen LogP contribution is 2.21. The first-order chi connectivity index (χ1) is 8.91. The second-order valence-corrected chi connectivity index (χ2v) is 4.23. The van der Waals surface area contributed by atoms with Crippen molar-refractivity contribution in [1.82, 2.24) is 5.32 Å². The SMILES string of the molecule is Cc1cccc(C)c1OCC(=O)NCC(O)C(N)=O. The van der Waals surface area contributed by atoms with Gasteiger partial charge in [0, 0.05) is 0 Å². The average molecular weight is 266 g/mol. The van der Waals surface area contributed by atoms with E-state index in [1.54, 1.807) is 0 Å². The van der Waals surface area contributed by atoms with Crippen LogP contribution in [-0.4, -0.2) is 36.2 Å². The zero-order chi connectivity index (χ0) is 14.4. The number of ether oxygens (including phenoxy) is 1. The van der Waals surface area contributed by atoms with Crippen LogP contribution >= 0.6 is 0 Å². The maximum absolute atomic E-state index is 11.5. The molecule has 1 aromatic carbocycles. The number of carbonyl (C=O) groups is 2. The van der Waals surface area contributed by atoms with Crippen molar-refractivity contribution in [3.8, 4) is 5.75 Å². The van der Waals surface area contributed by atoms with E-state index < -0.39 is 17.9 Å². The first-order valence-electron chi connectivity index (χ1n) is 5.85. The molecule has 0 aliphatic carbocycles. The minimum Gasteiger partial charge on any atom is -0.483 e. The van der Waals surface area contributed by atoms with Gasteiger partial charge in [-0.2, -0.15) is 0 Å². The van der Waals surface area contributed by atoms with Crippen LogP contribution in [0.4, 0.5) is 0 Å². The predicted octanol–water partition coefficient (Wildman–Crippen LogP) is -0.355. The van der Waals surface area contributed by atoms with E-state index in [4.69, 9.17) is 15.6 Å². The Labute approximate surface area is 111 Å². The molecule has 0 fully saturated rings. The van der Waals surface area contributed by atoms with Crippen molar-refractivity contribution in [2.45, 2.75) is 20.0 Å². The molecule has 1 aromatic rings.